The Hall–Kier alpha value is -3.43. The number of nitrogens with zero attached hydrogens (tertiary/aromatic N) is 2. The van der Waals surface area contributed by atoms with Crippen molar-refractivity contribution in [2.24, 2.45) is 5.92 Å². The third kappa shape index (κ3) is 5.19. The van der Waals surface area contributed by atoms with E-state index in [1.165, 1.54) is 12.3 Å². The van der Waals surface area contributed by atoms with Crippen molar-refractivity contribution in [1.29, 1.82) is 0 Å². The van der Waals surface area contributed by atoms with Crippen molar-refractivity contribution in [1.82, 2.24) is 9.97 Å². The quantitative estimate of drug-likeness (QED) is 0.450. The summed E-state index contributed by atoms with van der Waals surface area (Å²) in [7, 11) is 0. The lowest BCUT2D eigenvalue weighted by Crippen LogP contribution is -2.23. The van der Waals surface area contributed by atoms with Gasteiger partial charge >= 0.3 is 0 Å². The number of aryl methyl sites for hydroxylation is 1. The van der Waals surface area contributed by atoms with Gasteiger partial charge in [-0.05, 0) is 72.7 Å². The second-order valence-corrected chi connectivity index (χ2v) is 9.84. The van der Waals surface area contributed by atoms with Gasteiger partial charge in [0, 0.05) is 42.5 Å². The van der Waals surface area contributed by atoms with Gasteiger partial charge in [-0.15, -0.1) is 0 Å². The predicted molar refractivity (Wildman–Crippen MR) is 134 cm³/mol. The molecule has 1 aromatic carbocycles. The van der Waals surface area contributed by atoms with E-state index in [0.29, 0.717) is 24.1 Å². The molecule has 194 valence electrons. The van der Waals surface area contributed by atoms with Crippen LogP contribution in [-0.2, 0) is 16.1 Å². The van der Waals surface area contributed by atoms with Gasteiger partial charge in [-0.3, -0.25) is 9.78 Å². The minimum atomic E-state index is -3.15. The largest absolute Gasteiger partial charge is 0.475 e. The Bertz CT molecular complexity index is 1330. The molecule has 1 amide bonds. The molecule has 2 fully saturated rings. The molecule has 9 heteroatoms. The Morgan fingerprint density at radius 2 is 2.11 bits per heavy atom. The first kappa shape index (κ1) is 25.2. The second kappa shape index (κ2) is 9.79. The van der Waals surface area contributed by atoms with E-state index in [2.05, 4.69) is 16.4 Å². The Labute approximate surface area is 213 Å². The lowest BCUT2D eigenvalue weighted by atomic mass is 9.90. The lowest BCUT2D eigenvalue weighted by molar-refractivity contribution is 0.0127. The fraction of sp³-hybridized carbons (Fsp3) is 0.393. The molecule has 7 nitrogen and oxygen atoms in total. The molecule has 2 aromatic heterocycles. The predicted octanol–water partition coefficient (Wildman–Crippen LogP) is 4.87. The molecule has 1 aliphatic carbocycles. The fourth-order valence-corrected chi connectivity index (χ4v) is 4.99. The van der Waals surface area contributed by atoms with Gasteiger partial charge in [-0.2, -0.15) is 8.78 Å². The van der Waals surface area contributed by atoms with Crippen LogP contribution in [0, 0.1) is 12.8 Å². The van der Waals surface area contributed by atoms with Gasteiger partial charge in [0.2, 0.25) is 5.88 Å². The molecule has 2 aliphatic rings. The van der Waals surface area contributed by atoms with Gasteiger partial charge in [0.15, 0.2) is 0 Å². The third-order valence-corrected chi connectivity index (χ3v) is 7.18. The van der Waals surface area contributed by atoms with Crippen LogP contribution >= 0.6 is 0 Å². The van der Waals surface area contributed by atoms with E-state index in [1.54, 1.807) is 6.07 Å². The first-order chi connectivity index (χ1) is 17.7. The number of hydrogen-bond donors (Lipinski definition) is 2. The first-order valence-electron chi connectivity index (χ1n) is 12.3. The van der Waals surface area contributed by atoms with Crippen molar-refractivity contribution < 1.29 is 28.2 Å². The van der Waals surface area contributed by atoms with E-state index in [1.807, 2.05) is 25.1 Å². The second-order valence-electron chi connectivity index (χ2n) is 9.84. The number of alkyl halides is 2. The topological polar surface area (TPSA) is 93.6 Å². The Morgan fingerprint density at radius 1 is 1.27 bits per heavy atom. The maximum atomic E-state index is 13.7. The summed E-state index contributed by atoms with van der Waals surface area (Å²) < 4.78 is 38.7. The number of rotatable bonds is 8. The van der Waals surface area contributed by atoms with Gasteiger partial charge < -0.3 is 19.9 Å². The minimum absolute atomic E-state index is 0.0221. The highest BCUT2D eigenvalue weighted by atomic mass is 19.3. The monoisotopic (exact) mass is 509 g/mol. The standard InChI is InChI=1S/C28H29F2N3O4/c1-17-3-4-21(32-26(35)18-5-7-31-23(11-18)27(2,29)30)14-22(17)19-12-24(33-25(13-19)37-10-8-34)28-6-9-36-16-20(28)15-28/h3-5,7,11-14,20,34H,6,8-10,15-16H2,1-2H3,(H,32,35)/t20?,28-/m1/s1. The fourth-order valence-electron chi connectivity index (χ4n) is 4.99. The highest BCUT2D eigenvalue weighted by Crippen LogP contribution is 2.58. The first-order valence-corrected chi connectivity index (χ1v) is 12.3. The molecule has 37 heavy (non-hydrogen) atoms. The zero-order valence-electron chi connectivity index (χ0n) is 20.8. The van der Waals surface area contributed by atoms with E-state index < -0.39 is 17.5 Å². The SMILES string of the molecule is Cc1ccc(NC(=O)c2ccnc(C(C)(F)F)c2)cc1-c1cc(OCCO)nc([C@@]23CCOCC2C3)c1. The van der Waals surface area contributed by atoms with Crippen LogP contribution in [0.5, 0.6) is 5.88 Å². The van der Waals surface area contributed by atoms with Crippen LogP contribution in [0.25, 0.3) is 11.1 Å². The van der Waals surface area contributed by atoms with Gasteiger partial charge in [-0.25, -0.2) is 4.98 Å². The average Bonchev–Trinajstić information content (AvgIpc) is 3.64. The summed E-state index contributed by atoms with van der Waals surface area (Å²) in [5.41, 5.74) is 3.83. The molecule has 1 saturated heterocycles. The number of halogens is 2. The Morgan fingerprint density at radius 3 is 2.86 bits per heavy atom. The molecule has 0 radical (unpaired) electrons. The maximum absolute atomic E-state index is 13.7. The van der Waals surface area contributed by atoms with Crippen LogP contribution in [0.3, 0.4) is 0 Å². The van der Waals surface area contributed by atoms with Gasteiger partial charge in [0.25, 0.3) is 11.8 Å². The number of amides is 1. The summed E-state index contributed by atoms with van der Waals surface area (Å²) in [5.74, 6) is -2.78. The molecule has 2 N–H and O–H groups in total. The molecule has 1 aliphatic heterocycles. The van der Waals surface area contributed by atoms with Crippen molar-refractivity contribution >= 4 is 11.6 Å². The van der Waals surface area contributed by atoms with E-state index in [-0.39, 0.29) is 24.2 Å². The number of aromatic nitrogens is 2. The van der Waals surface area contributed by atoms with Crippen molar-refractivity contribution in [3.8, 4) is 17.0 Å². The minimum Gasteiger partial charge on any atom is -0.475 e. The summed E-state index contributed by atoms with van der Waals surface area (Å²) in [6.07, 6.45) is 3.12. The van der Waals surface area contributed by atoms with Crippen molar-refractivity contribution in [2.45, 2.75) is 38.0 Å². The van der Waals surface area contributed by atoms with Crippen LogP contribution in [0.15, 0.2) is 48.7 Å². The summed E-state index contributed by atoms with van der Waals surface area (Å²) in [5, 5.41) is 12.1. The highest BCUT2D eigenvalue weighted by molar-refractivity contribution is 6.04. The van der Waals surface area contributed by atoms with E-state index >= 15 is 0 Å². The number of aliphatic hydroxyl groups is 1. The molecule has 3 heterocycles. The highest BCUT2D eigenvalue weighted by Gasteiger charge is 2.57. The van der Waals surface area contributed by atoms with E-state index in [4.69, 9.17) is 14.5 Å². The molecule has 1 unspecified atom stereocenters. The lowest BCUT2D eigenvalue weighted by Gasteiger charge is -2.23. The van der Waals surface area contributed by atoms with Crippen molar-refractivity contribution in [3.05, 3.63) is 71.2 Å². The Kier molecular flexibility index (Phi) is 6.68. The summed E-state index contributed by atoms with van der Waals surface area (Å²) in [6, 6.07) is 11.9. The number of benzene rings is 1. The van der Waals surface area contributed by atoms with Crippen LogP contribution in [-0.4, -0.2) is 47.4 Å². The van der Waals surface area contributed by atoms with Crippen LogP contribution in [0.4, 0.5) is 14.5 Å². The number of nitrogens with one attached hydrogen (secondary N) is 1. The molecule has 3 aromatic rings. The number of pyridine rings is 2. The maximum Gasteiger partial charge on any atom is 0.286 e. The van der Waals surface area contributed by atoms with E-state index in [9.17, 15) is 18.7 Å². The number of ether oxygens (including phenoxy) is 2. The van der Waals surface area contributed by atoms with Gasteiger partial charge in [0.05, 0.1) is 18.9 Å². The zero-order valence-corrected chi connectivity index (χ0v) is 20.8. The third-order valence-electron chi connectivity index (χ3n) is 7.18. The number of anilines is 1. The number of carbonyl (C=O) groups is 1. The number of aliphatic hydroxyl groups excluding tert-OH is 1. The van der Waals surface area contributed by atoms with Crippen LogP contribution < -0.4 is 10.1 Å². The van der Waals surface area contributed by atoms with Gasteiger partial charge in [0.1, 0.15) is 12.3 Å². The van der Waals surface area contributed by atoms with Crippen LogP contribution in [0.1, 0.15) is 47.1 Å². The molecule has 1 saturated carbocycles. The average molecular weight is 510 g/mol. The van der Waals surface area contributed by atoms with Crippen LogP contribution in [0.2, 0.25) is 0 Å². The molecule has 5 rings (SSSR count). The smallest absolute Gasteiger partial charge is 0.286 e. The Balaban J connectivity index is 1.46. The summed E-state index contributed by atoms with van der Waals surface area (Å²) in [6.45, 7) is 4.14. The molecule has 0 bridgehead atoms. The molecular formula is C28H29F2N3O4. The normalized spacial score (nSPS) is 20.7. The molecule has 2 atom stereocenters. The molecule has 0 spiro atoms. The van der Waals surface area contributed by atoms with E-state index in [0.717, 1.165) is 54.8 Å². The number of fused-ring (bicyclic) bond motifs is 1. The zero-order chi connectivity index (χ0) is 26.2. The van der Waals surface area contributed by atoms with Gasteiger partial charge in [-0.1, -0.05) is 6.07 Å². The molecular weight excluding hydrogens is 480 g/mol. The summed E-state index contributed by atoms with van der Waals surface area (Å²) >= 11 is 0. The number of carbonyl (C=O) groups excluding carboxylic acids is 1. The number of hydrogen-bond acceptors (Lipinski definition) is 6. The van der Waals surface area contributed by atoms with Crippen molar-refractivity contribution in [2.75, 3.05) is 31.7 Å². The van der Waals surface area contributed by atoms with Crippen molar-refractivity contribution in [3.63, 3.8) is 0 Å². The summed E-state index contributed by atoms with van der Waals surface area (Å²) in [4.78, 5) is 21.3.